The van der Waals surface area contributed by atoms with E-state index in [1.165, 1.54) is 28.2 Å². The first-order chi connectivity index (χ1) is 11.3. The maximum atomic E-state index is 10.6. The average Bonchev–Trinajstić information content (AvgIpc) is 2.98. The van der Waals surface area contributed by atoms with Crippen LogP contribution in [-0.2, 0) is 13.0 Å². The third-order valence-electron chi connectivity index (χ3n) is 4.13. The molecular weight excluding hydrogens is 308 g/mol. The maximum absolute atomic E-state index is 10.6. The Morgan fingerprint density at radius 1 is 1.38 bits per heavy atom. The Bertz CT molecular complexity index is 669. The lowest BCUT2D eigenvalue weighted by Gasteiger charge is -2.27. The number of nitrogens with zero attached hydrogens (tertiary/aromatic N) is 4. The normalized spacial score (nSPS) is 13.9. The molecule has 24 heavy (non-hydrogen) atoms. The van der Waals surface area contributed by atoms with Crippen molar-refractivity contribution in [2.75, 3.05) is 13.6 Å². The molecule has 2 rings (SSSR count). The molecule has 0 aliphatic heterocycles. The van der Waals surface area contributed by atoms with Crippen LogP contribution in [0.5, 0.6) is 0 Å². The minimum absolute atomic E-state index is 0.0664. The molecule has 0 aliphatic rings. The van der Waals surface area contributed by atoms with Crippen LogP contribution in [0.2, 0.25) is 0 Å². The van der Waals surface area contributed by atoms with Crippen LogP contribution in [0.1, 0.15) is 18.1 Å². The van der Waals surface area contributed by atoms with Gasteiger partial charge >= 0.3 is 5.69 Å². The van der Waals surface area contributed by atoms with E-state index in [1.54, 1.807) is 0 Å². The number of nitro groups is 1. The van der Waals surface area contributed by atoms with E-state index in [1.807, 2.05) is 7.05 Å². The van der Waals surface area contributed by atoms with Gasteiger partial charge in [-0.3, -0.25) is 14.8 Å². The Morgan fingerprint density at radius 2 is 2.04 bits per heavy atom. The SMILES string of the molecule is Cc1ccc(CC(C)N(C)CC(O)Cn2cc([N+](=O)[O-])cn2)cc1. The van der Waals surface area contributed by atoms with Gasteiger partial charge in [-0.05, 0) is 32.9 Å². The summed E-state index contributed by atoms with van der Waals surface area (Å²) in [5, 5.41) is 24.7. The van der Waals surface area contributed by atoms with E-state index in [9.17, 15) is 15.2 Å². The van der Waals surface area contributed by atoms with Crippen molar-refractivity contribution in [2.24, 2.45) is 0 Å². The number of benzene rings is 1. The van der Waals surface area contributed by atoms with E-state index in [-0.39, 0.29) is 18.3 Å². The molecule has 1 N–H and O–H groups in total. The first-order valence-electron chi connectivity index (χ1n) is 7.96. The molecule has 0 amide bonds. The Balaban J connectivity index is 1.84. The van der Waals surface area contributed by atoms with Gasteiger partial charge in [-0.1, -0.05) is 29.8 Å². The van der Waals surface area contributed by atoms with Gasteiger partial charge in [0.2, 0.25) is 0 Å². The number of aliphatic hydroxyl groups excluding tert-OH is 1. The number of hydrogen-bond acceptors (Lipinski definition) is 5. The summed E-state index contributed by atoms with van der Waals surface area (Å²) in [6, 6.07) is 8.72. The van der Waals surface area contributed by atoms with E-state index in [0.717, 1.165) is 6.42 Å². The Hall–Kier alpha value is -2.25. The lowest BCUT2D eigenvalue weighted by Crippen LogP contribution is -2.38. The van der Waals surface area contributed by atoms with Gasteiger partial charge in [0.05, 0.1) is 17.6 Å². The van der Waals surface area contributed by atoms with Gasteiger partial charge in [-0.15, -0.1) is 0 Å². The highest BCUT2D eigenvalue weighted by atomic mass is 16.6. The summed E-state index contributed by atoms with van der Waals surface area (Å²) < 4.78 is 1.40. The summed E-state index contributed by atoms with van der Waals surface area (Å²) in [7, 11) is 1.97. The summed E-state index contributed by atoms with van der Waals surface area (Å²) in [6.45, 7) is 4.89. The van der Waals surface area contributed by atoms with Crippen LogP contribution in [0.3, 0.4) is 0 Å². The van der Waals surface area contributed by atoms with Crippen LogP contribution in [-0.4, -0.2) is 50.4 Å². The van der Waals surface area contributed by atoms with Crippen molar-refractivity contribution in [1.29, 1.82) is 0 Å². The van der Waals surface area contributed by atoms with Gasteiger partial charge in [-0.2, -0.15) is 5.10 Å². The number of hydrogen-bond donors (Lipinski definition) is 1. The second-order valence-electron chi connectivity index (χ2n) is 6.31. The molecule has 0 bridgehead atoms. The highest BCUT2D eigenvalue weighted by Crippen LogP contribution is 2.11. The molecule has 7 nitrogen and oxygen atoms in total. The standard InChI is InChI=1S/C17H24N4O3/c1-13-4-6-15(7-5-13)8-14(2)19(3)11-17(22)12-20-10-16(9-18-20)21(23)24/h4-7,9-10,14,17,22H,8,11-12H2,1-3H3. The molecule has 1 aromatic carbocycles. The van der Waals surface area contributed by atoms with Crippen LogP contribution in [0.4, 0.5) is 5.69 Å². The Morgan fingerprint density at radius 3 is 2.62 bits per heavy atom. The smallest absolute Gasteiger partial charge is 0.306 e. The van der Waals surface area contributed by atoms with Crippen molar-refractivity contribution in [3.63, 3.8) is 0 Å². The van der Waals surface area contributed by atoms with Crippen LogP contribution >= 0.6 is 0 Å². The molecule has 0 fully saturated rings. The summed E-state index contributed by atoms with van der Waals surface area (Å²) in [5.41, 5.74) is 2.43. The number of aryl methyl sites for hydroxylation is 1. The summed E-state index contributed by atoms with van der Waals surface area (Å²) in [5.74, 6) is 0. The van der Waals surface area contributed by atoms with Crippen molar-refractivity contribution in [2.45, 2.75) is 39.0 Å². The minimum atomic E-state index is -0.644. The zero-order chi connectivity index (χ0) is 17.7. The lowest BCUT2D eigenvalue weighted by molar-refractivity contribution is -0.385. The van der Waals surface area contributed by atoms with Crippen LogP contribution < -0.4 is 0 Å². The van der Waals surface area contributed by atoms with Gasteiger partial charge in [0.25, 0.3) is 0 Å². The molecule has 1 aromatic heterocycles. The largest absolute Gasteiger partial charge is 0.390 e. The fraction of sp³-hybridized carbons (Fsp3) is 0.471. The zero-order valence-corrected chi connectivity index (χ0v) is 14.3. The van der Waals surface area contributed by atoms with Crippen molar-refractivity contribution >= 4 is 5.69 Å². The van der Waals surface area contributed by atoms with Crippen molar-refractivity contribution in [3.05, 3.63) is 57.9 Å². The fourth-order valence-corrected chi connectivity index (χ4v) is 2.55. The second kappa shape index (κ2) is 8.03. The van der Waals surface area contributed by atoms with Gasteiger partial charge in [0, 0.05) is 12.6 Å². The molecule has 1 heterocycles. The van der Waals surface area contributed by atoms with E-state index in [4.69, 9.17) is 0 Å². The first kappa shape index (κ1) is 18.1. The van der Waals surface area contributed by atoms with E-state index in [2.05, 4.69) is 48.1 Å². The quantitative estimate of drug-likeness (QED) is 0.590. The molecule has 2 atom stereocenters. The molecule has 7 heteroatoms. The van der Waals surface area contributed by atoms with Crippen molar-refractivity contribution < 1.29 is 10.0 Å². The van der Waals surface area contributed by atoms with Gasteiger partial charge in [-0.25, -0.2) is 0 Å². The predicted octanol–water partition coefficient (Wildman–Crippen LogP) is 2.02. The van der Waals surface area contributed by atoms with Crippen molar-refractivity contribution in [1.82, 2.24) is 14.7 Å². The number of likely N-dealkylation sites (N-methyl/N-ethyl adjacent to an activating group) is 1. The molecule has 0 saturated heterocycles. The number of aromatic nitrogens is 2. The molecule has 0 spiro atoms. The summed E-state index contributed by atoms with van der Waals surface area (Å²) >= 11 is 0. The van der Waals surface area contributed by atoms with E-state index < -0.39 is 11.0 Å². The molecule has 2 unspecified atom stereocenters. The van der Waals surface area contributed by atoms with Crippen LogP contribution in [0, 0.1) is 17.0 Å². The third-order valence-corrected chi connectivity index (χ3v) is 4.13. The van der Waals surface area contributed by atoms with Gasteiger partial charge in [0.15, 0.2) is 0 Å². The molecular formula is C17H24N4O3. The number of rotatable bonds is 8. The second-order valence-corrected chi connectivity index (χ2v) is 6.31. The zero-order valence-electron chi connectivity index (χ0n) is 14.3. The van der Waals surface area contributed by atoms with Gasteiger partial charge in [0.1, 0.15) is 12.4 Å². The molecule has 2 aromatic rings. The minimum Gasteiger partial charge on any atom is -0.390 e. The third kappa shape index (κ3) is 5.14. The van der Waals surface area contributed by atoms with E-state index >= 15 is 0 Å². The van der Waals surface area contributed by atoms with Crippen LogP contribution in [0.25, 0.3) is 0 Å². The number of aliphatic hydroxyl groups is 1. The highest BCUT2D eigenvalue weighted by Gasteiger charge is 2.16. The predicted molar refractivity (Wildman–Crippen MR) is 91.9 cm³/mol. The monoisotopic (exact) mass is 332 g/mol. The van der Waals surface area contributed by atoms with Crippen molar-refractivity contribution in [3.8, 4) is 0 Å². The first-order valence-corrected chi connectivity index (χ1v) is 7.96. The average molecular weight is 332 g/mol. The topological polar surface area (TPSA) is 84.4 Å². The van der Waals surface area contributed by atoms with Gasteiger partial charge < -0.3 is 10.0 Å². The van der Waals surface area contributed by atoms with Crippen LogP contribution in [0.15, 0.2) is 36.7 Å². The lowest BCUT2D eigenvalue weighted by atomic mass is 10.0. The molecule has 0 saturated carbocycles. The highest BCUT2D eigenvalue weighted by molar-refractivity contribution is 5.22. The summed E-state index contributed by atoms with van der Waals surface area (Å²) in [6.07, 6.45) is 2.78. The van der Waals surface area contributed by atoms with E-state index in [0.29, 0.717) is 6.54 Å². The summed E-state index contributed by atoms with van der Waals surface area (Å²) in [4.78, 5) is 12.2. The fourth-order valence-electron chi connectivity index (χ4n) is 2.55. The Labute approximate surface area is 141 Å². The molecule has 0 aliphatic carbocycles. The maximum Gasteiger partial charge on any atom is 0.306 e. The molecule has 0 radical (unpaired) electrons. The Kier molecular flexibility index (Phi) is 6.05. The molecule has 130 valence electrons.